The number of anilines is 1. The molecule has 7 nitrogen and oxygen atoms in total. The SMILES string of the molecule is COc1ccccc1-n1nnc(C(=O)Nc2cccc(C(C)=O)c2)c1C. The van der Waals surface area contributed by atoms with Crippen molar-refractivity contribution in [3.8, 4) is 11.4 Å². The molecule has 0 bridgehead atoms. The van der Waals surface area contributed by atoms with Crippen LogP contribution in [0.2, 0.25) is 0 Å². The van der Waals surface area contributed by atoms with E-state index in [-0.39, 0.29) is 11.5 Å². The summed E-state index contributed by atoms with van der Waals surface area (Å²) < 4.78 is 6.89. The number of para-hydroxylation sites is 2. The van der Waals surface area contributed by atoms with E-state index in [4.69, 9.17) is 4.74 Å². The van der Waals surface area contributed by atoms with E-state index < -0.39 is 5.91 Å². The first-order valence-electron chi connectivity index (χ1n) is 7.99. The third-order valence-corrected chi connectivity index (χ3v) is 3.95. The Hall–Kier alpha value is -3.48. The van der Waals surface area contributed by atoms with Gasteiger partial charge in [0.2, 0.25) is 0 Å². The van der Waals surface area contributed by atoms with Gasteiger partial charge in [0, 0.05) is 11.3 Å². The minimum atomic E-state index is -0.399. The minimum absolute atomic E-state index is 0.0700. The molecular formula is C19H18N4O3. The number of ether oxygens (including phenoxy) is 1. The van der Waals surface area contributed by atoms with Gasteiger partial charge in [-0.05, 0) is 38.1 Å². The smallest absolute Gasteiger partial charge is 0.278 e. The van der Waals surface area contributed by atoms with Gasteiger partial charge < -0.3 is 10.1 Å². The zero-order chi connectivity index (χ0) is 18.7. The van der Waals surface area contributed by atoms with Gasteiger partial charge >= 0.3 is 0 Å². The highest BCUT2D eigenvalue weighted by Crippen LogP contribution is 2.23. The number of methoxy groups -OCH3 is 1. The highest BCUT2D eigenvalue weighted by molar-refractivity contribution is 6.04. The van der Waals surface area contributed by atoms with E-state index in [2.05, 4.69) is 15.6 Å². The number of benzene rings is 2. The van der Waals surface area contributed by atoms with Crippen molar-refractivity contribution in [1.82, 2.24) is 15.0 Å². The molecule has 26 heavy (non-hydrogen) atoms. The molecule has 1 amide bonds. The zero-order valence-corrected chi connectivity index (χ0v) is 14.7. The summed E-state index contributed by atoms with van der Waals surface area (Å²) in [7, 11) is 1.57. The van der Waals surface area contributed by atoms with Crippen LogP contribution in [0.3, 0.4) is 0 Å². The lowest BCUT2D eigenvalue weighted by Gasteiger charge is -2.09. The molecule has 0 fully saturated rings. The third kappa shape index (κ3) is 3.32. The molecule has 2 aromatic carbocycles. The number of hydrogen-bond donors (Lipinski definition) is 1. The van der Waals surface area contributed by atoms with Gasteiger partial charge in [0.1, 0.15) is 11.4 Å². The van der Waals surface area contributed by atoms with Gasteiger partial charge in [-0.15, -0.1) is 5.10 Å². The Morgan fingerprint density at radius 2 is 1.88 bits per heavy atom. The Kier molecular flexibility index (Phi) is 4.79. The molecule has 0 aliphatic heterocycles. The van der Waals surface area contributed by atoms with Crippen LogP contribution in [0.15, 0.2) is 48.5 Å². The fourth-order valence-electron chi connectivity index (χ4n) is 2.58. The first-order chi connectivity index (χ1) is 12.5. The number of carbonyl (C=O) groups excluding carboxylic acids is 2. The van der Waals surface area contributed by atoms with Crippen LogP contribution in [0.25, 0.3) is 5.69 Å². The molecule has 132 valence electrons. The minimum Gasteiger partial charge on any atom is -0.494 e. The highest BCUT2D eigenvalue weighted by Gasteiger charge is 2.19. The highest BCUT2D eigenvalue weighted by atomic mass is 16.5. The maximum atomic E-state index is 12.6. The van der Waals surface area contributed by atoms with Gasteiger partial charge in [0.25, 0.3) is 5.91 Å². The van der Waals surface area contributed by atoms with Gasteiger partial charge in [0.05, 0.1) is 12.8 Å². The van der Waals surface area contributed by atoms with Gasteiger partial charge in [-0.1, -0.05) is 29.5 Å². The van der Waals surface area contributed by atoms with Crippen LogP contribution in [0, 0.1) is 6.92 Å². The molecule has 3 aromatic rings. The number of ketones is 1. The van der Waals surface area contributed by atoms with E-state index in [0.29, 0.717) is 28.4 Å². The van der Waals surface area contributed by atoms with Crippen LogP contribution in [0.1, 0.15) is 33.5 Å². The van der Waals surface area contributed by atoms with Crippen LogP contribution < -0.4 is 10.1 Å². The molecule has 0 spiro atoms. The van der Waals surface area contributed by atoms with E-state index in [1.165, 1.54) is 6.92 Å². The van der Waals surface area contributed by atoms with Crippen LogP contribution in [-0.2, 0) is 0 Å². The number of nitrogens with zero attached hydrogens (tertiary/aromatic N) is 3. The zero-order valence-electron chi connectivity index (χ0n) is 14.7. The first kappa shape index (κ1) is 17.3. The quantitative estimate of drug-likeness (QED) is 0.715. The fourth-order valence-corrected chi connectivity index (χ4v) is 2.58. The summed E-state index contributed by atoms with van der Waals surface area (Å²) in [5, 5.41) is 10.8. The maximum Gasteiger partial charge on any atom is 0.278 e. The van der Waals surface area contributed by atoms with E-state index in [1.807, 2.05) is 24.3 Å². The molecule has 1 aromatic heterocycles. The summed E-state index contributed by atoms with van der Waals surface area (Å²) in [4.78, 5) is 24.0. The maximum absolute atomic E-state index is 12.6. The van der Waals surface area contributed by atoms with Crippen molar-refractivity contribution in [3.63, 3.8) is 0 Å². The number of hydrogen-bond acceptors (Lipinski definition) is 5. The second kappa shape index (κ2) is 7.18. The first-order valence-corrected chi connectivity index (χ1v) is 7.99. The lowest BCUT2D eigenvalue weighted by molar-refractivity contribution is 0.100. The van der Waals surface area contributed by atoms with Crippen LogP contribution in [-0.4, -0.2) is 33.8 Å². The summed E-state index contributed by atoms with van der Waals surface area (Å²) in [5.74, 6) is 0.158. The Balaban J connectivity index is 1.89. The van der Waals surface area contributed by atoms with Gasteiger partial charge in [0.15, 0.2) is 11.5 Å². The molecule has 0 saturated carbocycles. The Labute approximate surface area is 150 Å². The summed E-state index contributed by atoms with van der Waals surface area (Å²) in [6.07, 6.45) is 0. The Bertz CT molecular complexity index is 978. The molecule has 0 saturated heterocycles. The fraction of sp³-hybridized carbons (Fsp3) is 0.158. The molecule has 3 rings (SSSR count). The van der Waals surface area contributed by atoms with Crippen molar-refractivity contribution < 1.29 is 14.3 Å². The lowest BCUT2D eigenvalue weighted by atomic mass is 10.1. The van der Waals surface area contributed by atoms with Gasteiger partial charge in [-0.2, -0.15) is 0 Å². The third-order valence-electron chi connectivity index (χ3n) is 3.95. The van der Waals surface area contributed by atoms with Crippen molar-refractivity contribution >= 4 is 17.4 Å². The van der Waals surface area contributed by atoms with Crippen LogP contribution in [0.4, 0.5) is 5.69 Å². The van der Waals surface area contributed by atoms with E-state index in [9.17, 15) is 9.59 Å². The second-order valence-corrected chi connectivity index (χ2v) is 5.70. The van der Waals surface area contributed by atoms with Crippen molar-refractivity contribution in [3.05, 3.63) is 65.5 Å². The molecule has 0 aliphatic carbocycles. The van der Waals surface area contributed by atoms with Crippen molar-refractivity contribution in [2.24, 2.45) is 0 Å². The number of amides is 1. The summed E-state index contributed by atoms with van der Waals surface area (Å²) >= 11 is 0. The average molecular weight is 350 g/mol. The second-order valence-electron chi connectivity index (χ2n) is 5.70. The number of rotatable bonds is 5. The molecule has 0 radical (unpaired) electrons. The average Bonchev–Trinajstić information content (AvgIpc) is 3.03. The predicted octanol–water partition coefficient (Wildman–Crippen LogP) is 3.04. The summed E-state index contributed by atoms with van der Waals surface area (Å²) in [6.45, 7) is 3.23. The van der Waals surface area contributed by atoms with Crippen LogP contribution in [0.5, 0.6) is 5.75 Å². The van der Waals surface area contributed by atoms with Crippen molar-refractivity contribution in [2.45, 2.75) is 13.8 Å². The van der Waals surface area contributed by atoms with Gasteiger partial charge in [-0.3, -0.25) is 9.59 Å². The number of carbonyl (C=O) groups is 2. The number of Topliss-reactive ketones (excluding diaryl/α,β-unsaturated/α-hetero) is 1. The number of aromatic nitrogens is 3. The summed E-state index contributed by atoms with van der Waals surface area (Å²) in [5.41, 5.74) is 2.52. The predicted molar refractivity (Wildman–Crippen MR) is 97.0 cm³/mol. The molecule has 1 heterocycles. The molecule has 0 atom stereocenters. The van der Waals surface area contributed by atoms with Crippen molar-refractivity contribution in [2.75, 3.05) is 12.4 Å². The standard InChI is InChI=1S/C19H18N4O3/c1-12-18(19(25)20-15-8-6-7-14(11-15)13(2)24)21-22-23(12)16-9-4-5-10-17(16)26-3/h4-11H,1-3H3,(H,20,25). The molecule has 1 N–H and O–H groups in total. The molecule has 0 aliphatic rings. The summed E-state index contributed by atoms with van der Waals surface area (Å²) in [6, 6.07) is 14.1. The van der Waals surface area contributed by atoms with Gasteiger partial charge in [-0.25, -0.2) is 4.68 Å². The molecule has 0 unspecified atom stereocenters. The normalized spacial score (nSPS) is 10.4. The van der Waals surface area contributed by atoms with Crippen molar-refractivity contribution in [1.29, 1.82) is 0 Å². The molecular weight excluding hydrogens is 332 g/mol. The number of nitrogens with one attached hydrogen (secondary N) is 1. The Morgan fingerprint density at radius 1 is 1.12 bits per heavy atom. The monoisotopic (exact) mass is 350 g/mol. The molecule has 7 heteroatoms. The van der Waals surface area contributed by atoms with E-state index in [1.54, 1.807) is 43.0 Å². The van der Waals surface area contributed by atoms with E-state index >= 15 is 0 Å². The van der Waals surface area contributed by atoms with E-state index in [0.717, 1.165) is 0 Å². The largest absolute Gasteiger partial charge is 0.494 e. The lowest BCUT2D eigenvalue weighted by Crippen LogP contribution is -2.14. The van der Waals surface area contributed by atoms with Crippen LogP contribution >= 0.6 is 0 Å². The topological polar surface area (TPSA) is 86.1 Å². The Morgan fingerprint density at radius 3 is 2.62 bits per heavy atom.